The maximum atomic E-state index is 6.03. The van der Waals surface area contributed by atoms with E-state index in [9.17, 15) is 0 Å². The first-order chi connectivity index (χ1) is 9.62. The number of pyridine rings is 1. The standard InChI is InChI=1S/C16H25BN2O2/c1-11(2)14-13(18)9-12(10-19-14)7-8-17-20-15(3,4)16(5,6)21-17/h7-11H,18H2,1-6H3/b8-7+. The largest absolute Gasteiger partial charge is 0.487 e. The van der Waals surface area contributed by atoms with Crippen molar-refractivity contribution < 1.29 is 9.31 Å². The second-order valence-electron chi connectivity index (χ2n) is 6.88. The van der Waals surface area contributed by atoms with Crippen LogP contribution in [0.15, 0.2) is 18.2 Å². The fourth-order valence-electron chi connectivity index (χ4n) is 2.24. The third kappa shape index (κ3) is 3.30. The van der Waals surface area contributed by atoms with Crippen LogP contribution in [0.25, 0.3) is 6.08 Å². The summed E-state index contributed by atoms with van der Waals surface area (Å²) in [6, 6.07) is 1.93. The smallest absolute Gasteiger partial charge is 0.400 e. The van der Waals surface area contributed by atoms with Gasteiger partial charge < -0.3 is 15.0 Å². The fourth-order valence-corrected chi connectivity index (χ4v) is 2.24. The molecule has 1 aromatic heterocycles. The molecule has 114 valence electrons. The average molecular weight is 288 g/mol. The predicted octanol–water partition coefficient (Wildman–Crippen LogP) is 3.43. The number of nitrogens with two attached hydrogens (primary N) is 1. The summed E-state index contributed by atoms with van der Waals surface area (Å²) < 4.78 is 11.8. The van der Waals surface area contributed by atoms with Crippen LogP contribution in [0.2, 0.25) is 0 Å². The van der Waals surface area contributed by atoms with Crippen molar-refractivity contribution in [3.8, 4) is 0 Å². The Hall–Kier alpha value is -1.33. The number of nitrogens with zero attached hydrogens (tertiary/aromatic N) is 1. The van der Waals surface area contributed by atoms with Gasteiger partial charge in [0, 0.05) is 6.20 Å². The molecule has 4 nitrogen and oxygen atoms in total. The van der Waals surface area contributed by atoms with Crippen LogP contribution in [-0.2, 0) is 9.31 Å². The maximum Gasteiger partial charge on any atom is 0.487 e. The number of hydrogen-bond donors (Lipinski definition) is 1. The lowest BCUT2D eigenvalue weighted by Gasteiger charge is -2.32. The zero-order valence-corrected chi connectivity index (χ0v) is 13.8. The quantitative estimate of drug-likeness (QED) is 0.866. The van der Waals surface area contributed by atoms with Crippen LogP contribution in [0.4, 0.5) is 5.69 Å². The van der Waals surface area contributed by atoms with Crippen LogP contribution >= 0.6 is 0 Å². The number of nitrogen functional groups attached to an aromatic ring is 1. The number of hydrogen-bond acceptors (Lipinski definition) is 4. The zero-order chi connectivity index (χ0) is 15.8. The van der Waals surface area contributed by atoms with E-state index >= 15 is 0 Å². The van der Waals surface area contributed by atoms with Gasteiger partial charge in [-0.1, -0.05) is 25.9 Å². The van der Waals surface area contributed by atoms with Gasteiger partial charge in [-0.25, -0.2) is 0 Å². The molecule has 0 radical (unpaired) electrons. The molecule has 0 unspecified atom stereocenters. The molecule has 0 spiro atoms. The van der Waals surface area contributed by atoms with Crippen LogP contribution in [-0.4, -0.2) is 23.3 Å². The molecular weight excluding hydrogens is 263 g/mol. The Labute approximate surface area is 127 Å². The lowest BCUT2D eigenvalue weighted by molar-refractivity contribution is 0.00578. The molecule has 2 N–H and O–H groups in total. The Balaban J connectivity index is 2.11. The summed E-state index contributed by atoms with van der Waals surface area (Å²) in [7, 11) is -0.346. The first kappa shape index (κ1) is 16.1. The second-order valence-corrected chi connectivity index (χ2v) is 6.88. The molecule has 0 aromatic carbocycles. The third-order valence-corrected chi connectivity index (χ3v) is 4.23. The van der Waals surface area contributed by atoms with E-state index < -0.39 is 0 Å². The number of anilines is 1. The predicted molar refractivity (Wildman–Crippen MR) is 87.9 cm³/mol. The van der Waals surface area contributed by atoms with Gasteiger partial charge in [0.2, 0.25) is 0 Å². The Morgan fingerprint density at radius 2 is 1.76 bits per heavy atom. The minimum Gasteiger partial charge on any atom is -0.400 e. The summed E-state index contributed by atoms with van der Waals surface area (Å²) in [5.41, 5.74) is 8.00. The van der Waals surface area contributed by atoms with E-state index in [1.54, 1.807) is 0 Å². The lowest BCUT2D eigenvalue weighted by Crippen LogP contribution is -2.41. The SMILES string of the molecule is CC(C)c1ncc(/C=C/B2OC(C)(C)C(C)(C)O2)cc1N. The highest BCUT2D eigenvalue weighted by molar-refractivity contribution is 6.52. The molecule has 1 aromatic rings. The summed E-state index contributed by atoms with van der Waals surface area (Å²) >= 11 is 0. The summed E-state index contributed by atoms with van der Waals surface area (Å²) in [6.45, 7) is 12.3. The minimum atomic E-state index is -0.346. The molecule has 0 bridgehead atoms. The van der Waals surface area contributed by atoms with Gasteiger partial charge in [-0.15, -0.1) is 0 Å². The van der Waals surface area contributed by atoms with Gasteiger partial charge in [-0.3, -0.25) is 4.98 Å². The third-order valence-electron chi connectivity index (χ3n) is 4.23. The maximum absolute atomic E-state index is 6.03. The molecule has 2 heterocycles. The monoisotopic (exact) mass is 288 g/mol. The molecule has 5 heteroatoms. The minimum absolute atomic E-state index is 0.319. The average Bonchev–Trinajstić information content (AvgIpc) is 2.55. The Morgan fingerprint density at radius 3 is 2.24 bits per heavy atom. The molecule has 21 heavy (non-hydrogen) atoms. The first-order valence-electron chi connectivity index (χ1n) is 7.41. The van der Waals surface area contributed by atoms with Gasteiger partial charge in [0.1, 0.15) is 0 Å². The first-order valence-corrected chi connectivity index (χ1v) is 7.41. The van der Waals surface area contributed by atoms with E-state index in [2.05, 4.69) is 18.8 Å². The summed E-state index contributed by atoms with van der Waals surface area (Å²) in [6.07, 6.45) is 3.77. The molecule has 0 aliphatic carbocycles. The van der Waals surface area contributed by atoms with Gasteiger partial charge in [0.25, 0.3) is 0 Å². The van der Waals surface area contributed by atoms with Crippen LogP contribution in [0, 0.1) is 0 Å². The molecule has 1 aliphatic rings. The van der Waals surface area contributed by atoms with E-state index in [0.29, 0.717) is 5.92 Å². The highest BCUT2D eigenvalue weighted by Crippen LogP contribution is 2.37. The van der Waals surface area contributed by atoms with Crippen LogP contribution in [0.5, 0.6) is 0 Å². The summed E-state index contributed by atoms with van der Waals surface area (Å²) in [5.74, 6) is 2.23. The Morgan fingerprint density at radius 1 is 1.19 bits per heavy atom. The van der Waals surface area contributed by atoms with Crippen molar-refractivity contribution >= 4 is 18.9 Å². The van der Waals surface area contributed by atoms with Gasteiger partial charge in [-0.2, -0.15) is 0 Å². The van der Waals surface area contributed by atoms with Gasteiger partial charge >= 0.3 is 7.12 Å². The zero-order valence-electron chi connectivity index (χ0n) is 13.8. The van der Waals surface area contributed by atoms with E-state index in [0.717, 1.165) is 16.9 Å². The van der Waals surface area contributed by atoms with Crippen LogP contribution < -0.4 is 5.73 Å². The second kappa shape index (κ2) is 5.46. The fraction of sp³-hybridized carbons (Fsp3) is 0.562. The molecule has 1 saturated heterocycles. The molecule has 1 aliphatic heterocycles. The molecular formula is C16H25BN2O2. The van der Waals surface area contributed by atoms with Crippen molar-refractivity contribution in [1.82, 2.24) is 4.98 Å². The highest BCUT2D eigenvalue weighted by atomic mass is 16.7. The van der Waals surface area contributed by atoms with Crippen molar-refractivity contribution in [2.45, 2.75) is 58.7 Å². The van der Waals surface area contributed by atoms with Crippen molar-refractivity contribution in [1.29, 1.82) is 0 Å². The molecule has 0 saturated carbocycles. The lowest BCUT2D eigenvalue weighted by atomic mass is 9.89. The van der Waals surface area contributed by atoms with E-state index in [1.165, 1.54) is 0 Å². The van der Waals surface area contributed by atoms with E-state index in [4.69, 9.17) is 15.0 Å². The van der Waals surface area contributed by atoms with Crippen LogP contribution in [0.3, 0.4) is 0 Å². The molecule has 0 amide bonds. The number of aromatic nitrogens is 1. The van der Waals surface area contributed by atoms with Gasteiger partial charge in [0.05, 0.1) is 22.6 Å². The van der Waals surface area contributed by atoms with E-state index in [1.807, 2.05) is 52.0 Å². The number of rotatable bonds is 3. The van der Waals surface area contributed by atoms with Crippen LogP contribution in [0.1, 0.15) is 58.7 Å². The van der Waals surface area contributed by atoms with Crippen molar-refractivity contribution in [2.75, 3.05) is 5.73 Å². The normalized spacial score (nSPS) is 20.6. The molecule has 1 fully saturated rings. The van der Waals surface area contributed by atoms with Crippen molar-refractivity contribution in [3.63, 3.8) is 0 Å². The van der Waals surface area contributed by atoms with Gasteiger partial charge in [-0.05, 0) is 45.2 Å². The Kier molecular flexibility index (Phi) is 4.18. The van der Waals surface area contributed by atoms with Crippen molar-refractivity contribution in [2.24, 2.45) is 0 Å². The van der Waals surface area contributed by atoms with E-state index in [-0.39, 0.29) is 18.3 Å². The summed E-state index contributed by atoms with van der Waals surface area (Å²) in [5, 5.41) is 0. The van der Waals surface area contributed by atoms with Gasteiger partial charge in [0.15, 0.2) is 0 Å². The molecule has 0 atom stereocenters. The molecule has 2 rings (SSSR count). The van der Waals surface area contributed by atoms with Crippen molar-refractivity contribution in [3.05, 3.63) is 29.5 Å². The topological polar surface area (TPSA) is 57.4 Å². The highest BCUT2D eigenvalue weighted by Gasteiger charge is 2.49. The summed E-state index contributed by atoms with van der Waals surface area (Å²) in [4.78, 5) is 4.42. The Bertz CT molecular complexity index is 537.